The minimum atomic E-state index is -0.130. The van der Waals surface area contributed by atoms with Crippen LogP contribution in [-0.2, 0) is 11.2 Å². The lowest BCUT2D eigenvalue weighted by Gasteiger charge is -2.33. The number of H-pyrrole nitrogens is 1. The summed E-state index contributed by atoms with van der Waals surface area (Å²) in [4.78, 5) is 28.2. The molecule has 2 saturated heterocycles. The Labute approximate surface area is 146 Å². The van der Waals surface area contributed by atoms with Crippen LogP contribution in [0.3, 0.4) is 0 Å². The van der Waals surface area contributed by atoms with Gasteiger partial charge in [-0.2, -0.15) is 0 Å². The lowest BCUT2D eigenvalue weighted by atomic mass is 10.1. The summed E-state index contributed by atoms with van der Waals surface area (Å²) >= 11 is 0. The minimum Gasteiger partial charge on any atom is -0.373 e. The van der Waals surface area contributed by atoms with Gasteiger partial charge in [0.2, 0.25) is 0 Å². The van der Waals surface area contributed by atoms with Gasteiger partial charge in [0, 0.05) is 43.2 Å². The zero-order valence-electron chi connectivity index (χ0n) is 14.6. The maximum Gasteiger partial charge on any atom is 0.251 e. The Hall–Kier alpha value is -2.25. The number of hydrogen-bond donors (Lipinski definition) is 1. The van der Waals surface area contributed by atoms with Crippen LogP contribution in [0.5, 0.6) is 0 Å². The molecule has 132 valence electrons. The molecule has 2 aromatic heterocycles. The second-order valence-corrected chi connectivity index (χ2v) is 6.71. The van der Waals surface area contributed by atoms with Crippen LogP contribution >= 0.6 is 0 Å². The highest BCUT2D eigenvalue weighted by molar-refractivity contribution is 5.56. The number of nitrogens with zero attached hydrogens (tertiary/aromatic N) is 4. The average Bonchev–Trinajstić information content (AvgIpc) is 3.07. The lowest BCUT2D eigenvalue weighted by molar-refractivity contribution is -0.0362. The van der Waals surface area contributed by atoms with E-state index < -0.39 is 0 Å². The van der Waals surface area contributed by atoms with Crippen molar-refractivity contribution in [3.8, 4) is 11.4 Å². The third kappa shape index (κ3) is 3.17. The number of hydrogen-bond acceptors (Lipinski definition) is 6. The highest BCUT2D eigenvalue weighted by Gasteiger charge is 2.38. The quantitative estimate of drug-likeness (QED) is 0.895. The molecule has 25 heavy (non-hydrogen) atoms. The highest BCUT2D eigenvalue weighted by Crippen LogP contribution is 2.26. The monoisotopic (exact) mass is 341 g/mol. The molecule has 1 N–H and O–H groups in total. The Morgan fingerprint density at radius 2 is 2.24 bits per heavy atom. The Bertz CT molecular complexity index is 804. The number of ether oxygens (including phenoxy) is 1. The van der Waals surface area contributed by atoms with Gasteiger partial charge in [-0.1, -0.05) is 6.92 Å². The van der Waals surface area contributed by atoms with Gasteiger partial charge in [0.15, 0.2) is 0 Å². The Morgan fingerprint density at radius 3 is 2.96 bits per heavy atom. The van der Waals surface area contributed by atoms with E-state index in [0.29, 0.717) is 11.9 Å². The van der Waals surface area contributed by atoms with Crippen LogP contribution in [0.25, 0.3) is 11.4 Å². The fraction of sp³-hybridized carbons (Fsp3) is 0.500. The molecule has 7 heteroatoms. The first-order valence-corrected chi connectivity index (χ1v) is 8.77. The first-order valence-electron chi connectivity index (χ1n) is 8.77. The number of aromatic nitrogens is 3. The number of nitrogens with one attached hydrogen (secondary N) is 1. The number of aryl methyl sites for hydroxylation is 1. The van der Waals surface area contributed by atoms with Crippen molar-refractivity contribution in [1.82, 2.24) is 19.9 Å². The SMILES string of the molecule is CCc1cc(=O)[nH]c(-c2ccc(N3CC4OCCN(C)C4C3)nc2)n1. The number of fused-ring (bicyclic) bond motifs is 1. The largest absolute Gasteiger partial charge is 0.373 e. The first kappa shape index (κ1) is 16.2. The Kier molecular flexibility index (Phi) is 4.27. The van der Waals surface area contributed by atoms with Crippen molar-refractivity contribution < 1.29 is 4.74 Å². The zero-order chi connectivity index (χ0) is 17.4. The standard InChI is InChI=1S/C18H23N5O2/c1-3-13-8-17(24)21-18(20-13)12-4-5-16(19-9-12)23-10-14-15(11-23)25-7-6-22(14)2/h4-5,8-9,14-15H,3,6-7,10-11H2,1-2H3,(H,20,21,24). The summed E-state index contributed by atoms with van der Waals surface area (Å²) in [6, 6.07) is 5.92. The van der Waals surface area contributed by atoms with Gasteiger partial charge in [-0.25, -0.2) is 9.97 Å². The van der Waals surface area contributed by atoms with E-state index in [1.165, 1.54) is 6.07 Å². The van der Waals surface area contributed by atoms with E-state index in [0.717, 1.165) is 49.7 Å². The molecule has 2 fully saturated rings. The van der Waals surface area contributed by atoms with Gasteiger partial charge < -0.3 is 14.6 Å². The van der Waals surface area contributed by atoms with Crippen molar-refractivity contribution in [3.63, 3.8) is 0 Å². The van der Waals surface area contributed by atoms with E-state index in [1.807, 2.05) is 19.1 Å². The average molecular weight is 341 g/mol. The molecule has 7 nitrogen and oxygen atoms in total. The molecular weight excluding hydrogens is 318 g/mol. The van der Waals surface area contributed by atoms with Crippen LogP contribution in [0, 0.1) is 0 Å². The van der Waals surface area contributed by atoms with Gasteiger partial charge in [0.25, 0.3) is 5.56 Å². The fourth-order valence-electron chi connectivity index (χ4n) is 3.58. The molecule has 0 aliphatic carbocycles. The normalized spacial score (nSPS) is 23.7. The Morgan fingerprint density at radius 1 is 1.36 bits per heavy atom. The van der Waals surface area contributed by atoms with Crippen molar-refractivity contribution in [2.45, 2.75) is 25.5 Å². The van der Waals surface area contributed by atoms with Gasteiger partial charge in [0.05, 0.1) is 18.8 Å². The number of anilines is 1. The van der Waals surface area contributed by atoms with Gasteiger partial charge in [-0.05, 0) is 25.6 Å². The smallest absolute Gasteiger partial charge is 0.251 e. The van der Waals surface area contributed by atoms with Gasteiger partial charge in [-0.3, -0.25) is 9.69 Å². The van der Waals surface area contributed by atoms with E-state index in [4.69, 9.17) is 4.74 Å². The molecule has 0 amide bonds. The third-order valence-electron chi connectivity index (χ3n) is 5.08. The number of pyridine rings is 1. The molecule has 4 heterocycles. The molecule has 2 unspecified atom stereocenters. The van der Waals surface area contributed by atoms with Crippen molar-refractivity contribution >= 4 is 5.82 Å². The zero-order valence-corrected chi connectivity index (χ0v) is 14.6. The summed E-state index contributed by atoms with van der Waals surface area (Å²) < 4.78 is 5.89. The second kappa shape index (κ2) is 6.57. The Balaban J connectivity index is 1.55. The lowest BCUT2D eigenvalue weighted by Crippen LogP contribution is -2.48. The molecule has 0 saturated carbocycles. The van der Waals surface area contributed by atoms with Gasteiger partial charge >= 0.3 is 0 Å². The maximum atomic E-state index is 11.8. The number of rotatable bonds is 3. The van der Waals surface area contributed by atoms with E-state index >= 15 is 0 Å². The number of morpholine rings is 1. The molecule has 2 atom stereocenters. The van der Waals surface area contributed by atoms with Crippen molar-refractivity contribution in [2.24, 2.45) is 0 Å². The predicted molar refractivity (Wildman–Crippen MR) is 95.8 cm³/mol. The predicted octanol–water partition coefficient (Wildman–Crippen LogP) is 0.913. The molecule has 2 aliphatic rings. The first-order chi connectivity index (χ1) is 12.1. The summed E-state index contributed by atoms with van der Waals surface area (Å²) in [5, 5.41) is 0. The van der Waals surface area contributed by atoms with E-state index in [-0.39, 0.29) is 11.7 Å². The van der Waals surface area contributed by atoms with E-state index in [9.17, 15) is 4.79 Å². The topological polar surface area (TPSA) is 74.3 Å². The van der Waals surface area contributed by atoms with Crippen LogP contribution < -0.4 is 10.5 Å². The molecule has 4 rings (SSSR count). The summed E-state index contributed by atoms with van der Waals surface area (Å²) in [6.45, 7) is 5.55. The molecule has 0 spiro atoms. The summed E-state index contributed by atoms with van der Waals surface area (Å²) in [6.07, 6.45) is 2.76. The minimum absolute atomic E-state index is 0.130. The van der Waals surface area contributed by atoms with Gasteiger partial charge in [-0.15, -0.1) is 0 Å². The van der Waals surface area contributed by atoms with Crippen LogP contribution in [0.1, 0.15) is 12.6 Å². The fourth-order valence-corrected chi connectivity index (χ4v) is 3.58. The van der Waals surface area contributed by atoms with E-state index in [2.05, 4.69) is 31.8 Å². The summed E-state index contributed by atoms with van der Waals surface area (Å²) in [5.74, 6) is 1.51. The molecule has 0 radical (unpaired) electrons. The molecule has 2 aromatic rings. The van der Waals surface area contributed by atoms with Crippen LogP contribution in [-0.4, -0.2) is 65.3 Å². The van der Waals surface area contributed by atoms with Crippen LogP contribution in [0.2, 0.25) is 0 Å². The van der Waals surface area contributed by atoms with E-state index in [1.54, 1.807) is 6.20 Å². The highest BCUT2D eigenvalue weighted by atomic mass is 16.5. The van der Waals surface area contributed by atoms with Crippen LogP contribution in [0.15, 0.2) is 29.2 Å². The molecule has 0 bridgehead atoms. The van der Waals surface area contributed by atoms with Crippen molar-refractivity contribution in [2.75, 3.05) is 38.2 Å². The van der Waals surface area contributed by atoms with Crippen molar-refractivity contribution in [3.05, 3.63) is 40.4 Å². The van der Waals surface area contributed by atoms with Gasteiger partial charge in [0.1, 0.15) is 11.6 Å². The maximum absolute atomic E-state index is 11.8. The molecule has 2 aliphatic heterocycles. The molecule has 0 aromatic carbocycles. The number of likely N-dealkylation sites (N-methyl/N-ethyl adjacent to an activating group) is 1. The summed E-state index contributed by atoms with van der Waals surface area (Å²) in [5.41, 5.74) is 1.47. The number of aromatic amines is 1. The summed E-state index contributed by atoms with van der Waals surface area (Å²) in [7, 11) is 2.16. The van der Waals surface area contributed by atoms with Crippen LogP contribution in [0.4, 0.5) is 5.82 Å². The van der Waals surface area contributed by atoms with Crippen molar-refractivity contribution in [1.29, 1.82) is 0 Å². The second-order valence-electron chi connectivity index (χ2n) is 6.71. The molecular formula is C18H23N5O2. The third-order valence-corrected chi connectivity index (χ3v) is 5.08.